The number of pyridine rings is 1. The van der Waals surface area contributed by atoms with Crippen molar-refractivity contribution in [2.24, 2.45) is 0 Å². The van der Waals surface area contributed by atoms with Crippen LogP contribution in [-0.2, 0) is 6.54 Å². The molecular formula is C14H15N5O. The summed E-state index contributed by atoms with van der Waals surface area (Å²) >= 11 is 0. The summed E-state index contributed by atoms with van der Waals surface area (Å²) in [5, 5.41) is 0.890. The summed E-state index contributed by atoms with van der Waals surface area (Å²) in [5.74, 6) is 0.672. The number of nitrogens with one attached hydrogen (secondary N) is 1. The van der Waals surface area contributed by atoms with Crippen molar-refractivity contribution in [1.29, 1.82) is 0 Å². The molecular weight excluding hydrogens is 254 g/mol. The largest absolute Gasteiger partial charge is 0.344 e. The van der Waals surface area contributed by atoms with Crippen LogP contribution < -0.4 is 5.56 Å². The van der Waals surface area contributed by atoms with Gasteiger partial charge in [-0.25, -0.2) is 15.0 Å². The molecule has 0 aromatic carbocycles. The van der Waals surface area contributed by atoms with Crippen LogP contribution in [0.4, 0.5) is 0 Å². The van der Waals surface area contributed by atoms with Crippen molar-refractivity contribution in [2.75, 3.05) is 0 Å². The molecule has 0 saturated heterocycles. The maximum absolute atomic E-state index is 12.6. The van der Waals surface area contributed by atoms with Crippen LogP contribution in [0.25, 0.3) is 22.3 Å². The van der Waals surface area contributed by atoms with Crippen LogP contribution in [0.5, 0.6) is 0 Å². The zero-order chi connectivity index (χ0) is 14.3. The molecule has 3 aromatic rings. The van der Waals surface area contributed by atoms with Crippen LogP contribution in [0.1, 0.15) is 18.4 Å². The highest BCUT2D eigenvalue weighted by Crippen LogP contribution is 2.20. The third-order valence-electron chi connectivity index (χ3n) is 3.35. The van der Waals surface area contributed by atoms with Crippen LogP contribution >= 0.6 is 0 Å². The SMILES string of the molecule is CCn1c(=O)c(-c2cnc[nH]2)cc2c(C)nc(C)nc21. The highest BCUT2D eigenvalue weighted by molar-refractivity contribution is 5.82. The van der Waals surface area contributed by atoms with E-state index in [1.54, 1.807) is 17.1 Å². The maximum atomic E-state index is 12.6. The molecule has 3 rings (SSSR count). The second kappa shape index (κ2) is 4.56. The average Bonchev–Trinajstić information content (AvgIpc) is 2.92. The van der Waals surface area contributed by atoms with E-state index >= 15 is 0 Å². The van der Waals surface area contributed by atoms with E-state index in [1.165, 1.54) is 0 Å². The molecule has 6 nitrogen and oxygen atoms in total. The van der Waals surface area contributed by atoms with E-state index < -0.39 is 0 Å². The fourth-order valence-electron chi connectivity index (χ4n) is 2.42. The predicted molar refractivity (Wildman–Crippen MR) is 76.5 cm³/mol. The molecule has 20 heavy (non-hydrogen) atoms. The van der Waals surface area contributed by atoms with E-state index in [2.05, 4.69) is 19.9 Å². The smallest absolute Gasteiger partial charge is 0.261 e. The summed E-state index contributed by atoms with van der Waals surface area (Å²) in [4.78, 5) is 28.3. The molecule has 3 aromatic heterocycles. The lowest BCUT2D eigenvalue weighted by atomic mass is 10.1. The number of hydrogen-bond acceptors (Lipinski definition) is 4. The van der Waals surface area contributed by atoms with Crippen molar-refractivity contribution < 1.29 is 0 Å². The summed E-state index contributed by atoms with van der Waals surface area (Å²) in [5.41, 5.74) is 2.79. The molecule has 6 heteroatoms. The predicted octanol–water partition coefficient (Wildman–Crippen LogP) is 1.82. The van der Waals surface area contributed by atoms with Gasteiger partial charge in [-0.3, -0.25) is 9.36 Å². The molecule has 0 saturated carbocycles. The Morgan fingerprint density at radius 2 is 2.10 bits per heavy atom. The Kier molecular flexibility index (Phi) is 2.85. The van der Waals surface area contributed by atoms with Gasteiger partial charge in [0.25, 0.3) is 5.56 Å². The number of aromatic nitrogens is 5. The highest BCUT2D eigenvalue weighted by Gasteiger charge is 2.14. The van der Waals surface area contributed by atoms with Gasteiger partial charge in [0, 0.05) is 11.9 Å². The Hall–Kier alpha value is -2.50. The first-order valence-corrected chi connectivity index (χ1v) is 6.49. The van der Waals surface area contributed by atoms with Gasteiger partial charge in [0.15, 0.2) is 0 Å². The molecule has 0 fully saturated rings. The van der Waals surface area contributed by atoms with E-state index in [0.717, 1.165) is 11.1 Å². The Balaban J connectivity index is 2.46. The standard InChI is InChI=1S/C14H15N5O/c1-4-19-13-10(8(2)17-9(3)18-13)5-11(14(19)20)12-6-15-7-16-12/h5-7H,4H2,1-3H3,(H,15,16). The first-order valence-electron chi connectivity index (χ1n) is 6.49. The van der Waals surface area contributed by atoms with Crippen molar-refractivity contribution in [3.63, 3.8) is 0 Å². The Bertz CT molecular complexity index is 833. The minimum absolute atomic E-state index is 0.0678. The van der Waals surface area contributed by atoms with Gasteiger partial charge in [0.05, 0.1) is 29.5 Å². The molecule has 0 aliphatic rings. The van der Waals surface area contributed by atoms with Crippen molar-refractivity contribution in [1.82, 2.24) is 24.5 Å². The number of H-pyrrole nitrogens is 1. The van der Waals surface area contributed by atoms with Crippen molar-refractivity contribution in [3.05, 3.63) is 40.5 Å². The molecule has 0 radical (unpaired) electrons. The lowest BCUT2D eigenvalue weighted by molar-refractivity contribution is 0.746. The van der Waals surface area contributed by atoms with E-state index in [4.69, 9.17) is 0 Å². The lowest BCUT2D eigenvalue weighted by Crippen LogP contribution is -2.23. The van der Waals surface area contributed by atoms with Crippen molar-refractivity contribution in [3.8, 4) is 11.3 Å². The van der Waals surface area contributed by atoms with Gasteiger partial charge in [0.1, 0.15) is 11.5 Å². The van der Waals surface area contributed by atoms with Crippen LogP contribution in [0, 0.1) is 13.8 Å². The topological polar surface area (TPSA) is 76.5 Å². The summed E-state index contributed by atoms with van der Waals surface area (Å²) in [6.07, 6.45) is 3.21. The first-order chi connectivity index (χ1) is 9.61. The quantitative estimate of drug-likeness (QED) is 0.769. The number of imidazole rings is 1. The molecule has 0 amide bonds. The van der Waals surface area contributed by atoms with Gasteiger partial charge < -0.3 is 4.98 Å². The number of nitrogens with zero attached hydrogens (tertiary/aromatic N) is 4. The van der Waals surface area contributed by atoms with Crippen LogP contribution in [-0.4, -0.2) is 24.5 Å². The van der Waals surface area contributed by atoms with E-state index in [9.17, 15) is 4.79 Å². The molecule has 0 aliphatic carbocycles. The van der Waals surface area contributed by atoms with E-state index in [0.29, 0.717) is 29.3 Å². The molecule has 102 valence electrons. The lowest BCUT2D eigenvalue weighted by Gasteiger charge is -2.11. The molecule has 0 atom stereocenters. The van der Waals surface area contributed by atoms with Gasteiger partial charge in [-0.2, -0.15) is 0 Å². The Morgan fingerprint density at radius 1 is 1.30 bits per heavy atom. The maximum Gasteiger partial charge on any atom is 0.261 e. The number of fused-ring (bicyclic) bond motifs is 1. The minimum atomic E-state index is -0.0678. The zero-order valence-electron chi connectivity index (χ0n) is 11.6. The molecule has 0 bridgehead atoms. The van der Waals surface area contributed by atoms with Crippen LogP contribution in [0.2, 0.25) is 0 Å². The Morgan fingerprint density at radius 3 is 2.75 bits per heavy atom. The van der Waals surface area contributed by atoms with Gasteiger partial charge >= 0.3 is 0 Å². The average molecular weight is 269 g/mol. The molecule has 0 spiro atoms. The third-order valence-corrected chi connectivity index (χ3v) is 3.35. The number of rotatable bonds is 2. The van der Waals surface area contributed by atoms with Crippen molar-refractivity contribution >= 4 is 11.0 Å². The summed E-state index contributed by atoms with van der Waals surface area (Å²) in [7, 11) is 0. The number of hydrogen-bond donors (Lipinski definition) is 1. The van der Waals surface area contributed by atoms with Crippen LogP contribution in [0.15, 0.2) is 23.4 Å². The van der Waals surface area contributed by atoms with E-state index in [1.807, 2.05) is 26.8 Å². The van der Waals surface area contributed by atoms with Gasteiger partial charge in [-0.05, 0) is 26.8 Å². The van der Waals surface area contributed by atoms with E-state index in [-0.39, 0.29) is 5.56 Å². The monoisotopic (exact) mass is 269 g/mol. The van der Waals surface area contributed by atoms with Crippen molar-refractivity contribution in [2.45, 2.75) is 27.3 Å². The molecule has 1 N–H and O–H groups in total. The number of aryl methyl sites for hydroxylation is 3. The van der Waals surface area contributed by atoms with Crippen LogP contribution in [0.3, 0.4) is 0 Å². The minimum Gasteiger partial charge on any atom is -0.344 e. The molecule has 3 heterocycles. The summed E-state index contributed by atoms with van der Waals surface area (Å²) in [6, 6.07) is 1.84. The second-order valence-corrected chi connectivity index (χ2v) is 4.67. The fraction of sp³-hybridized carbons (Fsp3) is 0.286. The highest BCUT2D eigenvalue weighted by atomic mass is 16.1. The fourth-order valence-corrected chi connectivity index (χ4v) is 2.42. The molecule has 0 aliphatic heterocycles. The normalized spacial score (nSPS) is 11.2. The first kappa shape index (κ1) is 12.5. The summed E-state index contributed by atoms with van der Waals surface area (Å²) in [6.45, 7) is 6.26. The van der Waals surface area contributed by atoms with Gasteiger partial charge in [-0.1, -0.05) is 0 Å². The van der Waals surface area contributed by atoms with Gasteiger partial charge in [0.2, 0.25) is 0 Å². The van der Waals surface area contributed by atoms with Gasteiger partial charge in [-0.15, -0.1) is 0 Å². The zero-order valence-corrected chi connectivity index (χ0v) is 11.6. The Labute approximate surface area is 115 Å². The third kappa shape index (κ3) is 1.80. The number of aromatic amines is 1. The molecule has 0 unspecified atom stereocenters. The second-order valence-electron chi connectivity index (χ2n) is 4.67. The summed E-state index contributed by atoms with van der Waals surface area (Å²) < 4.78 is 1.67.